The summed E-state index contributed by atoms with van der Waals surface area (Å²) in [7, 11) is -2.07. The Balaban J connectivity index is 2.15. The fourth-order valence-electron chi connectivity index (χ4n) is 2.46. The number of aryl methyl sites for hydroxylation is 1. The SMILES string of the molecule is CSCCC(NS(=O)(=O)c1ccc(C)cc1)C(=O)N(C)Cc1ccc(Br)s1. The highest BCUT2D eigenvalue weighted by molar-refractivity contribution is 9.11. The first-order valence-corrected chi connectivity index (χ1v) is 12.8. The maximum absolute atomic E-state index is 12.9. The van der Waals surface area contributed by atoms with Crippen molar-refractivity contribution in [3.05, 3.63) is 50.6 Å². The zero-order valence-electron chi connectivity index (χ0n) is 15.4. The number of carbonyl (C=O) groups excluding carboxylic acids is 1. The van der Waals surface area contributed by atoms with Gasteiger partial charge < -0.3 is 4.90 Å². The molecule has 5 nitrogen and oxygen atoms in total. The predicted molar refractivity (Wildman–Crippen MR) is 117 cm³/mol. The molecule has 148 valence electrons. The number of benzene rings is 1. The Hall–Kier alpha value is -0.870. The number of likely N-dealkylation sites (N-methyl/N-ethyl adjacent to an activating group) is 1. The second-order valence-electron chi connectivity index (χ2n) is 6.17. The van der Waals surface area contributed by atoms with Crippen molar-refractivity contribution in [1.82, 2.24) is 9.62 Å². The predicted octanol–water partition coefficient (Wildman–Crippen LogP) is 3.88. The van der Waals surface area contributed by atoms with E-state index in [0.717, 1.165) is 14.2 Å². The van der Waals surface area contributed by atoms with Crippen molar-refractivity contribution in [2.45, 2.75) is 30.8 Å². The number of rotatable bonds is 9. The summed E-state index contributed by atoms with van der Waals surface area (Å²) in [6.45, 7) is 2.34. The highest BCUT2D eigenvalue weighted by Crippen LogP contribution is 2.23. The van der Waals surface area contributed by atoms with Crippen LogP contribution in [0.2, 0.25) is 0 Å². The number of nitrogens with zero attached hydrogens (tertiary/aromatic N) is 1. The molecule has 9 heteroatoms. The van der Waals surface area contributed by atoms with Gasteiger partial charge in [-0.2, -0.15) is 16.5 Å². The average Bonchev–Trinajstić information content (AvgIpc) is 3.03. The molecule has 1 N–H and O–H groups in total. The van der Waals surface area contributed by atoms with E-state index in [0.29, 0.717) is 18.7 Å². The van der Waals surface area contributed by atoms with Crippen LogP contribution in [-0.2, 0) is 21.4 Å². The maximum atomic E-state index is 12.9. The van der Waals surface area contributed by atoms with Crippen molar-refractivity contribution in [3.8, 4) is 0 Å². The lowest BCUT2D eigenvalue weighted by molar-refractivity contribution is -0.132. The van der Waals surface area contributed by atoms with Gasteiger partial charge in [-0.1, -0.05) is 17.7 Å². The number of amides is 1. The van der Waals surface area contributed by atoms with Gasteiger partial charge in [0.05, 0.1) is 15.2 Å². The summed E-state index contributed by atoms with van der Waals surface area (Å²) in [5.74, 6) is 0.454. The summed E-state index contributed by atoms with van der Waals surface area (Å²) in [5, 5.41) is 0. The van der Waals surface area contributed by atoms with Gasteiger partial charge in [0.15, 0.2) is 0 Å². The molecule has 0 aliphatic heterocycles. The van der Waals surface area contributed by atoms with E-state index in [1.165, 1.54) is 0 Å². The largest absolute Gasteiger partial charge is 0.339 e. The van der Waals surface area contributed by atoms with Crippen LogP contribution in [0.5, 0.6) is 0 Å². The zero-order chi connectivity index (χ0) is 20.0. The normalized spacial score (nSPS) is 12.7. The fraction of sp³-hybridized carbons (Fsp3) is 0.389. The van der Waals surface area contributed by atoms with E-state index in [9.17, 15) is 13.2 Å². The Morgan fingerprint density at radius 3 is 2.48 bits per heavy atom. The molecule has 1 aromatic heterocycles. The summed E-state index contributed by atoms with van der Waals surface area (Å²) in [5.41, 5.74) is 0.978. The van der Waals surface area contributed by atoms with Crippen molar-refractivity contribution < 1.29 is 13.2 Å². The number of halogens is 1. The Bertz CT molecular complexity index is 866. The van der Waals surface area contributed by atoms with Gasteiger partial charge in [-0.15, -0.1) is 11.3 Å². The minimum atomic E-state index is -3.77. The molecule has 1 amide bonds. The van der Waals surface area contributed by atoms with Crippen molar-refractivity contribution in [1.29, 1.82) is 0 Å². The molecule has 1 heterocycles. The molecule has 27 heavy (non-hydrogen) atoms. The maximum Gasteiger partial charge on any atom is 0.241 e. The number of hydrogen-bond donors (Lipinski definition) is 1. The Labute approximate surface area is 177 Å². The first-order chi connectivity index (χ1) is 12.7. The van der Waals surface area contributed by atoms with E-state index in [1.54, 1.807) is 59.3 Å². The minimum absolute atomic E-state index is 0.167. The monoisotopic (exact) mass is 490 g/mol. The second kappa shape index (κ2) is 10.1. The zero-order valence-corrected chi connectivity index (χ0v) is 19.5. The van der Waals surface area contributed by atoms with Crippen LogP contribution in [0.4, 0.5) is 0 Å². The van der Waals surface area contributed by atoms with Crippen LogP contribution >= 0.6 is 39.0 Å². The number of sulfonamides is 1. The lowest BCUT2D eigenvalue weighted by Gasteiger charge is -2.24. The van der Waals surface area contributed by atoms with Crippen LogP contribution in [0.15, 0.2) is 45.1 Å². The first kappa shape index (κ1) is 22.4. The van der Waals surface area contributed by atoms with E-state index in [4.69, 9.17) is 0 Å². The van der Waals surface area contributed by atoms with Crippen LogP contribution in [0.25, 0.3) is 0 Å². The number of hydrogen-bond acceptors (Lipinski definition) is 5. The summed E-state index contributed by atoms with van der Waals surface area (Å²) in [6.07, 6.45) is 2.37. The summed E-state index contributed by atoms with van der Waals surface area (Å²) < 4.78 is 29.0. The van der Waals surface area contributed by atoms with Gasteiger partial charge in [-0.3, -0.25) is 4.79 Å². The van der Waals surface area contributed by atoms with Crippen LogP contribution in [0, 0.1) is 6.92 Å². The molecule has 0 bridgehead atoms. The molecule has 0 saturated carbocycles. The number of carbonyl (C=O) groups is 1. The molecule has 0 aliphatic rings. The molecule has 1 aromatic carbocycles. The number of thiophene rings is 1. The standard InChI is InChI=1S/C18H23BrN2O3S3/c1-13-4-7-15(8-5-13)27(23,24)20-16(10-11-25-3)18(22)21(2)12-14-6-9-17(19)26-14/h4-9,16,20H,10-12H2,1-3H3. The van der Waals surface area contributed by atoms with Crippen molar-refractivity contribution in [3.63, 3.8) is 0 Å². The molecule has 1 atom stereocenters. The Morgan fingerprint density at radius 2 is 1.93 bits per heavy atom. The van der Waals surface area contributed by atoms with E-state index in [1.807, 2.05) is 25.3 Å². The summed E-state index contributed by atoms with van der Waals surface area (Å²) in [6, 6.07) is 9.69. The summed E-state index contributed by atoms with van der Waals surface area (Å²) >= 11 is 6.55. The molecule has 0 spiro atoms. The van der Waals surface area contributed by atoms with Crippen LogP contribution in [-0.4, -0.2) is 44.3 Å². The molecule has 2 aromatic rings. The quantitative estimate of drug-likeness (QED) is 0.578. The smallest absolute Gasteiger partial charge is 0.241 e. The highest BCUT2D eigenvalue weighted by Gasteiger charge is 2.27. The minimum Gasteiger partial charge on any atom is -0.339 e. The lowest BCUT2D eigenvalue weighted by atomic mass is 10.2. The first-order valence-electron chi connectivity index (χ1n) is 8.30. The molecule has 0 radical (unpaired) electrons. The third-order valence-electron chi connectivity index (χ3n) is 3.94. The fourth-order valence-corrected chi connectivity index (χ4v) is 5.69. The van der Waals surface area contributed by atoms with Gasteiger partial charge in [-0.05, 0) is 65.5 Å². The van der Waals surface area contributed by atoms with E-state index in [2.05, 4.69) is 20.7 Å². The third-order valence-corrected chi connectivity index (χ3v) is 7.68. The van der Waals surface area contributed by atoms with Crippen LogP contribution in [0.1, 0.15) is 16.9 Å². The van der Waals surface area contributed by atoms with Crippen LogP contribution < -0.4 is 4.72 Å². The van der Waals surface area contributed by atoms with Gasteiger partial charge in [0, 0.05) is 11.9 Å². The molecule has 2 rings (SSSR count). The van der Waals surface area contributed by atoms with Crippen molar-refractivity contribution in [2.75, 3.05) is 19.1 Å². The molecular formula is C18H23BrN2O3S3. The number of nitrogens with one attached hydrogen (secondary N) is 1. The summed E-state index contributed by atoms with van der Waals surface area (Å²) in [4.78, 5) is 15.7. The molecule has 0 aliphatic carbocycles. The van der Waals surface area contributed by atoms with Gasteiger partial charge in [0.25, 0.3) is 0 Å². The highest BCUT2D eigenvalue weighted by atomic mass is 79.9. The number of thioether (sulfide) groups is 1. The second-order valence-corrected chi connectivity index (χ2v) is 11.4. The van der Waals surface area contributed by atoms with Crippen molar-refractivity contribution in [2.24, 2.45) is 0 Å². The Kier molecular flexibility index (Phi) is 8.36. The van der Waals surface area contributed by atoms with Gasteiger partial charge in [0.1, 0.15) is 6.04 Å². The lowest BCUT2D eigenvalue weighted by Crippen LogP contribution is -2.47. The van der Waals surface area contributed by atoms with E-state index >= 15 is 0 Å². The van der Waals surface area contributed by atoms with Gasteiger partial charge in [-0.25, -0.2) is 8.42 Å². The van der Waals surface area contributed by atoms with E-state index < -0.39 is 16.1 Å². The van der Waals surface area contributed by atoms with Crippen LogP contribution in [0.3, 0.4) is 0 Å². The van der Waals surface area contributed by atoms with Crippen molar-refractivity contribution >= 4 is 55.0 Å². The topological polar surface area (TPSA) is 66.5 Å². The Morgan fingerprint density at radius 1 is 1.26 bits per heavy atom. The van der Waals surface area contributed by atoms with Gasteiger partial charge >= 0.3 is 0 Å². The van der Waals surface area contributed by atoms with E-state index in [-0.39, 0.29) is 10.8 Å². The average molecular weight is 491 g/mol. The molecule has 1 unspecified atom stereocenters. The third kappa shape index (κ3) is 6.60. The molecule has 0 fully saturated rings. The molecule has 0 saturated heterocycles. The molecular weight excluding hydrogens is 468 g/mol. The van der Waals surface area contributed by atoms with Gasteiger partial charge in [0.2, 0.25) is 15.9 Å².